The van der Waals surface area contributed by atoms with E-state index in [9.17, 15) is 0 Å². The molecule has 0 N–H and O–H groups in total. The lowest BCUT2D eigenvalue weighted by molar-refractivity contribution is 0.305. The van der Waals surface area contributed by atoms with E-state index < -0.39 is 0 Å². The van der Waals surface area contributed by atoms with Gasteiger partial charge in [-0.15, -0.1) is 12.6 Å². The zero-order valence-electron chi connectivity index (χ0n) is 12.0. The summed E-state index contributed by atoms with van der Waals surface area (Å²) in [6, 6.07) is 16.5. The number of benzene rings is 2. The van der Waals surface area contributed by atoms with Crippen LogP contribution in [0, 0.1) is 0 Å². The van der Waals surface area contributed by atoms with Gasteiger partial charge in [0.1, 0.15) is 5.75 Å². The monoisotopic (exact) mass is 286 g/mol. The van der Waals surface area contributed by atoms with Gasteiger partial charge in [0.15, 0.2) is 0 Å². The summed E-state index contributed by atoms with van der Waals surface area (Å²) in [5.74, 6) is 0.955. The number of rotatable bonds is 7. The second kappa shape index (κ2) is 8.01. The Bertz CT molecular complexity index is 502. The smallest absolute Gasteiger partial charge is 0.119 e. The molecule has 0 aliphatic carbocycles. The van der Waals surface area contributed by atoms with Crippen molar-refractivity contribution in [1.29, 1.82) is 0 Å². The van der Waals surface area contributed by atoms with Crippen molar-refractivity contribution in [2.45, 2.75) is 37.5 Å². The van der Waals surface area contributed by atoms with Crippen molar-refractivity contribution in [2.75, 3.05) is 6.61 Å². The van der Waals surface area contributed by atoms with Gasteiger partial charge in [-0.3, -0.25) is 0 Å². The Morgan fingerprint density at radius 3 is 2.00 bits per heavy atom. The molecule has 0 saturated heterocycles. The van der Waals surface area contributed by atoms with E-state index in [1.54, 1.807) is 0 Å². The van der Waals surface area contributed by atoms with Gasteiger partial charge < -0.3 is 4.74 Å². The highest BCUT2D eigenvalue weighted by molar-refractivity contribution is 7.80. The molecule has 0 atom stereocenters. The molecule has 1 nitrogen and oxygen atoms in total. The van der Waals surface area contributed by atoms with E-state index in [1.165, 1.54) is 30.4 Å². The van der Waals surface area contributed by atoms with Gasteiger partial charge in [-0.2, -0.15) is 0 Å². The van der Waals surface area contributed by atoms with Gasteiger partial charge in [0.05, 0.1) is 6.61 Å². The molecule has 0 aliphatic rings. The van der Waals surface area contributed by atoms with Crippen molar-refractivity contribution in [3.63, 3.8) is 0 Å². The van der Waals surface area contributed by atoms with Crippen molar-refractivity contribution < 1.29 is 4.74 Å². The SMILES string of the molecule is CCCCCCOc1ccc(-c2ccc(S)cc2)cc1. The number of thiol groups is 1. The van der Waals surface area contributed by atoms with Crippen molar-refractivity contribution in [2.24, 2.45) is 0 Å². The number of ether oxygens (including phenoxy) is 1. The number of hydrogen-bond donors (Lipinski definition) is 1. The predicted molar refractivity (Wildman–Crippen MR) is 88.8 cm³/mol. The average Bonchev–Trinajstić information content (AvgIpc) is 2.49. The molecule has 0 fully saturated rings. The topological polar surface area (TPSA) is 9.23 Å². The summed E-state index contributed by atoms with van der Waals surface area (Å²) in [6.45, 7) is 3.04. The van der Waals surface area contributed by atoms with E-state index in [1.807, 2.05) is 24.3 Å². The maximum Gasteiger partial charge on any atom is 0.119 e. The molecule has 2 heteroatoms. The Kier molecular flexibility index (Phi) is 6.00. The number of unbranched alkanes of at least 4 members (excludes halogenated alkanes) is 3. The molecule has 0 heterocycles. The molecule has 2 aromatic rings. The lowest BCUT2D eigenvalue weighted by atomic mass is 10.1. The normalized spacial score (nSPS) is 10.5. The second-order valence-corrected chi connectivity index (χ2v) is 5.50. The van der Waals surface area contributed by atoms with Crippen molar-refractivity contribution >= 4 is 12.6 Å². The Morgan fingerprint density at radius 1 is 0.800 bits per heavy atom. The van der Waals surface area contributed by atoms with Gasteiger partial charge in [-0.1, -0.05) is 50.5 Å². The summed E-state index contributed by atoms with van der Waals surface area (Å²) < 4.78 is 5.75. The van der Waals surface area contributed by atoms with E-state index in [4.69, 9.17) is 4.74 Å². The van der Waals surface area contributed by atoms with Gasteiger partial charge in [0.25, 0.3) is 0 Å². The van der Waals surface area contributed by atoms with Gasteiger partial charge in [-0.25, -0.2) is 0 Å². The molecule has 20 heavy (non-hydrogen) atoms. The zero-order chi connectivity index (χ0) is 14.2. The summed E-state index contributed by atoms with van der Waals surface area (Å²) in [4.78, 5) is 0.987. The maximum absolute atomic E-state index is 5.75. The fourth-order valence-corrected chi connectivity index (χ4v) is 2.27. The molecular formula is C18H22OS. The van der Waals surface area contributed by atoms with Crippen LogP contribution in [0.25, 0.3) is 11.1 Å². The summed E-state index contributed by atoms with van der Waals surface area (Å²) in [7, 11) is 0. The van der Waals surface area contributed by atoms with Crippen LogP contribution in [0.1, 0.15) is 32.6 Å². The lowest BCUT2D eigenvalue weighted by Crippen LogP contribution is -1.96. The van der Waals surface area contributed by atoms with E-state index in [0.29, 0.717) is 0 Å². The molecule has 0 amide bonds. The van der Waals surface area contributed by atoms with Crippen molar-refractivity contribution in [3.05, 3.63) is 48.5 Å². The minimum atomic E-state index is 0.813. The first kappa shape index (κ1) is 15.0. The molecule has 0 saturated carbocycles. The second-order valence-electron chi connectivity index (χ2n) is 4.98. The maximum atomic E-state index is 5.75. The van der Waals surface area contributed by atoms with E-state index >= 15 is 0 Å². The quantitative estimate of drug-likeness (QED) is 0.515. The third kappa shape index (κ3) is 4.61. The first-order valence-electron chi connectivity index (χ1n) is 7.32. The molecule has 0 spiro atoms. The Hall–Kier alpha value is -1.41. The first-order chi connectivity index (χ1) is 9.79. The molecule has 2 aromatic carbocycles. The standard InChI is InChI=1S/C18H22OS/c1-2-3-4-5-14-19-17-10-6-15(7-11-17)16-8-12-18(20)13-9-16/h6-13,20H,2-5,14H2,1H3. The lowest BCUT2D eigenvalue weighted by Gasteiger charge is -2.07. The van der Waals surface area contributed by atoms with Crippen molar-refractivity contribution in [3.8, 4) is 16.9 Å². The molecular weight excluding hydrogens is 264 g/mol. The highest BCUT2D eigenvalue weighted by Crippen LogP contribution is 2.23. The van der Waals surface area contributed by atoms with Crippen LogP contribution in [0.2, 0.25) is 0 Å². The molecule has 106 valence electrons. The molecule has 0 radical (unpaired) electrons. The molecule has 0 unspecified atom stereocenters. The fraction of sp³-hybridized carbons (Fsp3) is 0.333. The summed E-state index contributed by atoms with van der Waals surface area (Å²) in [5.41, 5.74) is 2.41. The highest BCUT2D eigenvalue weighted by Gasteiger charge is 1.99. The van der Waals surface area contributed by atoms with Gasteiger partial charge in [-0.05, 0) is 41.8 Å². The summed E-state index contributed by atoms with van der Waals surface area (Å²) in [5, 5.41) is 0. The van der Waals surface area contributed by atoms with Crippen LogP contribution < -0.4 is 4.74 Å². The van der Waals surface area contributed by atoms with Crippen molar-refractivity contribution in [1.82, 2.24) is 0 Å². The van der Waals surface area contributed by atoms with Crippen LogP contribution in [-0.4, -0.2) is 6.61 Å². The van der Waals surface area contributed by atoms with Gasteiger partial charge >= 0.3 is 0 Å². The molecule has 0 aromatic heterocycles. The Balaban J connectivity index is 1.88. The van der Waals surface area contributed by atoms with Crippen LogP contribution in [0.3, 0.4) is 0 Å². The minimum absolute atomic E-state index is 0.813. The number of hydrogen-bond acceptors (Lipinski definition) is 2. The first-order valence-corrected chi connectivity index (χ1v) is 7.76. The van der Waals surface area contributed by atoms with Gasteiger partial charge in [0.2, 0.25) is 0 Å². The van der Waals surface area contributed by atoms with E-state index in [2.05, 4.69) is 43.8 Å². The summed E-state index contributed by atoms with van der Waals surface area (Å²) in [6.07, 6.45) is 4.95. The van der Waals surface area contributed by atoms with E-state index in [0.717, 1.165) is 23.7 Å². The average molecular weight is 286 g/mol. The highest BCUT2D eigenvalue weighted by atomic mass is 32.1. The predicted octanol–water partition coefficient (Wildman–Crippen LogP) is 5.60. The molecule has 2 rings (SSSR count). The largest absolute Gasteiger partial charge is 0.494 e. The third-order valence-corrected chi connectivity index (χ3v) is 3.62. The van der Waals surface area contributed by atoms with Crippen LogP contribution in [0.5, 0.6) is 5.75 Å². The fourth-order valence-electron chi connectivity index (χ4n) is 2.12. The van der Waals surface area contributed by atoms with Crippen LogP contribution >= 0.6 is 12.6 Å². The Labute approximate surface area is 127 Å². The van der Waals surface area contributed by atoms with Gasteiger partial charge in [0, 0.05) is 4.90 Å². The van der Waals surface area contributed by atoms with Crippen LogP contribution in [-0.2, 0) is 0 Å². The third-order valence-electron chi connectivity index (χ3n) is 3.32. The van der Waals surface area contributed by atoms with Crippen LogP contribution in [0.4, 0.5) is 0 Å². The Morgan fingerprint density at radius 2 is 1.40 bits per heavy atom. The summed E-state index contributed by atoms with van der Waals surface area (Å²) >= 11 is 4.30. The zero-order valence-corrected chi connectivity index (χ0v) is 12.9. The van der Waals surface area contributed by atoms with Crippen LogP contribution in [0.15, 0.2) is 53.4 Å². The van der Waals surface area contributed by atoms with E-state index in [-0.39, 0.29) is 0 Å². The molecule has 0 aliphatic heterocycles. The minimum Gasteiger partial charge on any atom is -0.494 e. The molecule has 0 bridgehead atoms.